The Bertz CT molecular complexity index is 619. The van der Waals surface area contributed by atoms with Crippen LogP contribution in [0.15, 0.2) is 23.1 Å². The lowest BCUT2D eigenvalue weighted by Gasteiger charge is -2.22. The highest BCUT2D eigenvalue weighted by Gasteiger charge is 2.21. The molecule has 0 saturated carbocycles. The van der Waals surface area contributed by atoms with Gasteiger partial charge in [-0.15, -0.1) is 0 Å². The lowest BCUT2D eigenvalue weighted by atomic mass is 10.0. The smallest absolute Gasteiger partial charge is 0.243 e. The molecule has 1 aromatic carbocycles. The van der Waals surface area contributed by atoms with Crippen molar-refractivity contribution >= 4 is 10.0 Å². The van der Waals surface area contributed by atoms with E-state index in [9.17, 15) is 12.8 Å². The van der Waals surface area contributed by atoms with Crippen LogP contribution >= 0.6 is 0 Å². The topological polar surface area (TPSA) is 82.0 Å². The van der Waals surface area contributed by atoms with Crippen molar-refractivity contribution in [3.63, 3.8) is 0 Å². The Balaban J connectivity index is 2.08. The molecule has 1 fully saturated rings. The molecule has 0 radical (unpaired) electrons. The summed E-state index contributed by atoms with van der Waals surface area (Å²) in [6, 6.07) is 5.11. The molecule has 0 aromatic heterocycles. The van der Waals surface area contributed by atoms with Gasteiger partial charge in [0, 0.05) is 6.54 Å². The number of nitrogens with one attached hydrogen (secondary N) is 2. The molecule has 1 saturated heterocycles. The third-order valence-corrected chi connectivity index (χ3v) is 4.77. The van der Waals surface area contributed by atoms with Crippen molar-refractivity contribution < 1.29 is 12.8 Å². The van der Waals surface area contributed by atoms with Gasteiger partial charge in [0.15, 0.2) is 0 Å². The minimum absolute atomic E-state index is 0.0953. The van der Waals surface area contributed by atoms with Crippen LogP contribution in [0.25, 0.3) is 0 Å². The fraction of sp³-hybridized carbons (Fsp3) is 0.462. The molecule has 1 atom stereocenters. The first-order valence-corrected chi connectivity index (χ1v) is 7.91. The predicted octanol–water partition coefficient (Wildman–Crippen LogP) is 0.975. The Kier molecular flexibility index (Phi) is 4.70. The maximum atomic E-state index is 13.7. The maximum Gasteiger partial charge on any atom is 0.243 e. The molecular formula is C13H16FN3O2S. The second-order valence-corrected chi connectivity index (χ2v) is 6.56. The van der Waals surface area contributed by atoms with Crippen LogP contribution in [-0.4, -0.2) is 28.1 Å². The fourth-order valence-electron chi connectivity index (χ4n) is 2.19. The predicted molar refractivity (Wildman–Crippen MR) is 71.9 cm³/mol. The third kappa shape index (κ3) is 3.54. The molecule has 2 N–H and O–H groups in total. The quantitative estimate of drug-likeness (QED) is 0.868. The molecule has 2 rings (SSSR count). The number of sulfonamides is 1. The first-order chi connectivity index (χ1) is 9.53. The molecule has 7 heteroatoms. The number of halogens is 1. The first-order valence-electron chi connectivity index (χ1n) is 6.43. The van der Waals surface area contributed by atoms with E-state index < -0.39 is 20.7 Å². The van der Waals surface area contributed by atoms with Crippen LogP contribution in [-0.2, 0) is 10.0 Å². The Hall–Kier alpha value is -1.49. The Labute approximate surface area is 117 Å². The second-order valence-electron chi connectivity index (χ2n) is 4.82. The van der Waals surface area contributed by atoms with Crippen LogP contribution in [0.4, 0.5) is 4.39 Å². The number of rotatable bonds is 4. The van der Waals surface area contributed by atoms with Gasteiger partial charge >= 0.3 is 0 Å². The third-order valence-electron chi connectivity index (χ3n) is 3.31. The van der Waals surface area contributed by atoms with Gasteiger partial charge in [-0.1, -0.05) is 0 Å². The van der Waals surface area contributed by atoms with Gasteiger partial charge in [0.25, 0.3) is 0 Å². The lowest BCUT2D eigenvalue weighted by Crippen LogP contribution is -2.38. The number of piperidine rings is 1. The zero-order chi connectivity index (χ0) is 14.6. The summed E-state index contributed by atoms with van der Waals surface area (Å²) < 4.78 is 40.2. The first kappa shape index (κ1) is 14.9. The van der Waals surface area contributed by atoms with Crippen molar-refractivity contribution in [2.75, 3.05) is 19.6 Å². The summed E-state index contributed by atoms with van der Waals surface area (Å²) in [7, 11) is -3.88. The van der Waals surface area contributed by atoms with E-state index in [1.165, 1.54) is 6.07 Å². The molecule has 108 valence electrons. The molecule has 0 unspecified atom stereocenters. The minimum Gasteiger partial charge on any atom is -0.316 e. The number of nitrogens with zero attached hydrogens (tertiary/aromatic N) is 1. The average molecular weight is 297 g/mol. The summed E-state index contributed by atoms with van der Waals surface area (Å²) in [6.45, 7) is 2.00. The zero-order valence-corrected chi connectivity index (χ0v) is 11.7. The molecule has 0 amide bonds. The monoisotopic (exact) mass is 297 g/mol. The van der Waals surface area contributed by atoms with Crippen molar-refractivity contribution in [1.82, 2.24) is 10.0 Å². The summed E-state index contributed by atoms with van der Waals surface area (Å²) in [5, 5.41) is 11.8. The Morgan fingerprint density at radius 3 is 2.90 bits per heavy atom. The molecule has 1 heterocycles. The van der Waals surface area contributed by atoms with Gasteiger partial charge < -0.3 is 5.32 Å². The zero-order valence-electron chi connectivity index (χ0n) is 10.9. The van der Waals surface area contributed by atoms with Gasteiger partial charge in [-0.3, -0.25) is 0 Å². The standard InChI is InChI=1S/C13H16FN3O2S/c14-12-6-10(7-15)3-4-13(12)20(18,19)17-9-11-2-1-5-16-8-11/h3-4,6,11,16-17H,1-2,5,8-9H2/t11-/m1/s1. The number of nitriles is 1. The number of benzene rings is 1. The minimum atomic E-state index is -3.88. The van der Waals surface area contributed by atoms with Crippen molar-refractivity contribution in [1.29, 1.82) is 5.26 Å². The van der Waals surface area contributed by atoms with Crippen LogP contribution in [0.1, 0.15) is 18.4 Å². The van der Waals surface area contributed by atoms with E-state index in [0.29, 0.717) is 0 Å². The summed E-state index contributed by atoms with van der Waals surface area (Å²) in [5.74, 6) is -0.682. The summed E-state index contributed by atoms with van der Waals surface area (Å²) >= 11 is 0. The highest BCUT2D eigenvalue weighted by molar-refractivity contribution is 7.89. The van der Waals surface area contributed by atoms with Gasteiger partial charge in [0.1, 0.15) is 10.7 Å². The van der Waals surface area contributed by atoms with Gasteiger partial charge in [-0.2, -0.15) is 5.26 Å². The molecule has 1 aliphatic rings. The molecule has 0 spiro atoms. The molecule has 1 aromatic rings. The molecule has 20 heavy (non-hydrogen) atoms. The van der Waals surface area contributed by atoms with Crippen molar-refractivity contribution in [2.45, 2.75) is 17.7 Å². The largest absolute Gasteiger partial charge is 0.316 e. The van der Waals surface area contributed by atoms with E-state index in [1.807, 2.05) is 0 Å². The van der Waals surface area contributed by atoms with E-state index in [-0.39, 0.29) is 18.0 Å². The Morgan fingerprint density at radius 2 is 2.30 bits per heavy atom. The summed E-state index contributed by atoms with van der Waals surface area (Å²) in [4.78, 5) is -0.416. The van der Waals surface area contributed by atoms with Crippen LogP contribution < -0.4 is 10.0 Å². The molecule has 1 aliphatic heterocycles. The second kappa shape index (κ2) is 6.31. The van der Waals surface area contributed by atoms with Crippen molar-refractivity contribution in [2.24, 2.45) is 5.92 Å². The molecule has 5 nitrogen and oxygen atoms in total. The molecule has 0 aliphatic carbocycles. The van der Waals surface area contributed by atoms with Crippen molar-refractivity contribution in [3.05, 3.63) is 29.6 Å². The van der Waals surface area contributed by atoms with E-state index >= 15 is 0 Å². The van der Waals surface area contributed by atoms with Crippen LogP contribution in [0.2, 0.25) is 0 Å². The van der Waals surface area contributed by atoms with Crippen molar-refractivity contribution in [3.8, 4) is 6.07 Å². The fourth-order valence-corrected chi connectivity index (χ4v) is 3.37. The lowest BCUT2D eigenvalue weighted by molar-refractivity contribution is 0.375. The normalized spacial score (nSPS) is 19.5. The summed E-state index contributed by atoms with van der Waals surface area (Å²) in [5.41, 5.74) is 0.0953. The summed E-state index contributed by atoms with van der Waals surface area (Å²) in [6.07, 6.45) is 1.96. The molecular weight excluding hydrogens is 281 g/mol. The average Bonchev–Trinajstić information content (AvgIpc) is 2.46. The van der Waals surface area contributed by atoms with E-state index in [4.69, 9.17) is 5.26 Å². The number of hydrogen-bond acceptors (Lipinski definition) is 4. The highest BCUT2D eigenvalue weighted by Crippen LogP contribution is 2.16. The van der Waals surface area contributed by atoms with Crippen LogP contribution in [0, 0.1) is 23.1 Å². The van der Waals surface area contributed by atoms with E-state index in [0.717, 1.165) is 38.1 Å². The molecule has 0 bridgehead atoms. The van der Waals surface area contributed by atoms with Gasteiger partial charge in [0.2, 0.25) is 10.0 Å². The highest BCUT2D eigenvalue weighted by atomic mass is 32.2. The van der Waals surface area contributed by atoms with E-state index in [1.54, 1.807) is 6.07 Å². The van der Waals surface area contributed by atoms with Gasteiger partial charge in [0.05, 0.1) is 11.6 Å². The van der Waals surface area contributed by atoms with Gasteiger partial charge in [-0.25, -0.2) is 17.5 Å². The van der Waals surface area contributed by atoms with E-state index in [2.05, 4.69) is 10.0 Å². The van der Waals surface area contributed by atoms with Gasteiger partial charge in [-0.05, 0) is 50.0 Å². The van der Waals surface area contributed by atoms with Crippen LogP contribution in [0.5, 0.6) is 0 Å². The Morgan fingerprint density at radius 1 is 1.50 bits per heavy atom. The number of hydrogen-bond donors (Lipinski definition) is 2. The maximum absolute atomic E-state index is 13.7. The van der Waals surface area contributed by atoms with Crippen LogP contribution in [0.3, 0.4) is 0 Å². The SMILES string of the molecule is N#Cc1ccc(S(=O)(=O)NC[C@@H]2CCCNC2)c(F)c1.